The topological polar surface area (TPSA) is 65.5 Å². The number of nitrogens with zero attached hydrogens (tertiary/aromatic N) is 4. The van der Waals surface area contributed by atoms with Gasteiger partial charge in [-0.15, -0.1) is 0 Å². The molecule has 0 unspecified atom stereocenters. The van der Waals surface area contributed by atoms with Crippen LogP contribution in [0.15, 0.2) is 58.4 Å². The van der Waals surface area contributed by atoms with Crippen molar-refractivity contribution in [2.45, 2.75) is 4.90 Å². The Morgan fingerprint density at radius 3 is 2.31 bits per heavy atom. The molecule has 0 radical (unpaired) electrons. The molecule has 7 nitrogen and oxygen atoms in total. The predicted molar refractivity (Wildman–Crippen MR) is 114 cm³/mol. The third-order valence-electron chi connectivity index (χ3n) is 5.16. The van der Waals surface area contributed by atoms with Gasteiger partial charge in [0.1, 0.15) is 5.75 Å². The minimum Gasteiger partial charge on any atom is -0.497 e. The summed E-state index contributed by atoms with van der Waals surface area (Å²) < 4.78 is 32.9. The quantitative estimate of drug-likeness (QED) is 0.739. The highest BCUT2D eigenvalue weighted by Gasteiger charge is 2.35. The van der Waals surface area contributed by atoms with Gasteiger partial charge >= 0.3 is 0 Å². The van der Waals surface area contributed by atoms with E-state index in [1.807, 2.05) is 24.3 Å². The fraction of sp³-hybridized carbons (Fsp3) is 0.350. The van der Waals surface area contributed by atoms with E-state index in [-0.39, 0.29) is 4.90 Å². The second kappa shape index (κ2) is 8.12. The first-order valence-electron chi connectivity index (χ1n) is 9.46. The second-order valence-corrected chi connectivity index (χ2v) is 9.19. The number of sulfonamides is 1. The van der Waals surface area contributed by atoms with Crippen LogP contribution in [0.25, 0.3) is 0 Å². The van der Waals surface area contributed by atoms with Crippen molar-refractivity contribution in [1.82, 2.24) is 9.21 Å². The van der Waals surface area contributed by atoms with E-state index in [0.29, 0.717) is 42.9 Å². The van der Waals surface area contributed by atoms with Crippen molar-refractivity contribution in [3.63, 3.8) is 0 Å². The van der Waals surface area contributed by atoms with Gasteiger partial charge in [-0.25, -0.2) is 12.7 Å². The van der Waals surface area contributed by atoms with Crippen LogP contribution < -0.4 is 9.64 Å². The zero-order valence-electron chi connectivity index (χ0n) is 16.2. The lowest BCUT2D eigenvalue weighted by molar-refractivity contribution is 0.358. The molecule has 0 N–H and O–H groups in total. The van der Waals surface area contributed by atoms with Crippen LogP contribution in [0.5, 0.6) is 5.75 Å². The molecule has 4 rings (SSSR count). The van der Waals surface area contributed by atoms with E-state index in [0.717, 1.165) is 18.8 Å². The molecule has 2 aliphatic rings. The van der Waals surface area contributed by atoms with Crippen molar-refractivity contribution in [1.29, 1.82) is 0 Å². The van der Waals surface area contributed by atoms with E-state index in [2.05, 4.69) is 14.8 Å². The molecule has 9 heteroatoms. The van der Waals surface area contributed by atoms with Crippen molar-refractivity contribution in [2.24, 2.45) is 4.99 Å². The number of methoxy groups -OCH3 is 1. The van der Waals surface area contributed by atoms with Crippen molar-refractivity contribution >= 4 is 33.3 Å². The van der Waals surface area contributed by atoms with Crippen LogP contribution in [0.2, 0.25) is 5.02 Å². The fourth-order valence-corrected chi connectivity index (χ4v) is 5.25. The van der Waals surface area contributed by atoms with Gasteiger partial charge in [0.25, 0.3) is 10.0 Å². The Balaban J connectivity index is 1.47. The van der Waals surface area contributed by atoms with Crippen molar-refractivity contribution < 1.29 is 13.2 Å². The fourth-order valence-electron chi connectivity index (χ4n) is 3.62. The molecule has 0 amide bonds. The summed E-state index contributed by atoms with van der Waals surface area (Å²) in [5.41, 5.74) is 1.08. The van der Waals surface area contributed by atoms with Gasteiger partial charge in [-0.1, -0.05) is 17.7 Å². The van der Waals surface area contributed by atoms with E-state index in [1.165, 1.54) is 4.31 Å². The van der Waals surface area contributed by atoms with Gasteiger partial charge in [-0.05, 0) is 42.5 Å². The first kappa shape index (κ1) is 19.8. The van der Waals surface area contributed by atoms with Gasteiger partial charge in [0, 0.05) is 36.9 Å². The zero-order chi connectivity index (χ0) is 20.4. The molecule has 0 aliphatic carbocycles. The van der Waals surface area contributed by atoms with Gasteiger partial charge in [0.15, 0.2) is 0 Å². The molecule has 0 saturated carbocycles. The van der Waals surface area contributed by atoms with E-state index in [4.69, 9.17) is 16.3 Å². The molecule has 1 fully saturated rings. The average molecular weight is 435 g/mol. The largest absolute Gasteiger partial charge is 0.497 e. The number of ether oxygens (including phenoxy) is 1. The molecule has 0 bridgehead atoms. The maximum Gasteiger partial charge on any atom is 0.266 e. The van der Waals surface area contributed by atoms with Crippen LogP contribution in [0.4, 0.5) is 5.69 Å². The van der Waals surface area contributed by atoms with E-state index in [9.17, 15) is 8.42 Å². The maximum atomic E-state index is 13.2. The molecule has 2 aromatic carbocycles. The Morgan fingerprint density at radius 2 is 1.66 bits per heavy atom. The van der Waals surface area contributed by atoms with E-state index < -0.39 is 10.0 Å². The van der Waals surface area contributed by atoms with Crippen LogP contribution in [0.3, 0.4) is 0 Å². The molecular weight excluding hydrogens is 412 g/mol. The number of anilines is 1. The Morgan fingerprint density at radius 1 is 0.966 bits per heavy atom. The number of halogens is 1. The van der Waals surface area contributed by atoms with Gasteiger partial charge < -0.3 is 14.5 Å². The molecule has 0 aromatic heterocycles. The molecule has 29 heavy (non-hydrogen) atoms. The molecule has 154 valence electrons. The zero-order valence-corrected chi connectivity index (χ0v) is 17.7. The molecule has 2 aliphatic heterocycles. The van der Waals surface area contributed by atoms with Gasteiger partial charge in [-0.2, -0.15) is 0 Å². The SMILES string of the molecule is COc1ccc(S(=O)(=O)N2CCN=C2N2CCN(c3cccc(Cl)c3)CC2)cc1. The van der Waals surface area contributed by atoms with Gasteiger partial charge in [0.05, 0.1) is 25.1 Å². The predicted octanol–water partition coefficient (Wildman–Crippen LogP) is 2.53. The first-order valence-corrected chi connectivity index (χ1v) is 11.3. The van der Waals surface area contributed by atoms with Crippen LogP contribution >= 0.6 is 11.6 Å². The summed E-state index contributed by atoms with van der Waals surface area (Å²) in [6.45, 7) is 3.77. The number of benzene rings is 2. The first-order chi connectivity index (χ1) is 14.0. The Labute approximate surface area is 176 Å². The maximum absolute atomic E-state index is 13.2. The van der Waals surface area contributed by atoms with Gasteiger partial charge in [0.2, 0.25) is 5.96 Å². The summed E-state index contributed by atoms with van der Waals surface area (Å²) in [6, 6.07) is 14.2. The molecule has 0 atom stereocenters. The number of piperazine rings is 1. The third kappa shape index (κ3) is 4.00. The van der Waals surface area contributed by atoms with Crippen LogP contribution in [-0.2, 0) is 10.0 Å². The minimum absolute atomic E-state index is 0.241. The summed E-state index contributed by atoms with van der Waals surface area (Å²) in [7, 11) is -2.11. The van der Waals surface area contributed by atoms with E-state index >= 15 is 0 Å². The minimum atomic E-state index is -3.66. The smallest absolute Gasteiger partial charge is 0.266 e. The number of guanidine groups is 1. The molecule has 2 heterocycles. The molecule has 2 aromatic rings. The lowest BCUT2D eigenvalue weighted by atomic mass is 10.2. The summed E-state index contributed by atoms with van der Waals surface area (Å²) in [5.74, 6) is 1.16. The van der Waals surface area contributed by atoms with Gasteiger partial charge in [-0.3, -0.25) is 4.99 Å². The highest BCUT2D eigenvalue weighted by molar-refractivity contribution is 7.89. The highest BCUT2D eigenvalue weighted by atomic mass is 35.5. The Hall–Kier alpha value is -2.45. The van der Waals surface area contributed by atoms with E-state index in [1.54, 1.807) is 31.4 Å². The van der Waals surface area contributed by atoms with Crippen molar-refractivity contribution in [3.05, 3.63) is 53.6 Å². The monoisotopic (exact) mass is 434 g/mol. The Bertz CT molecular complexity index is 1000. The van der Waals surface area contributed by atoms with Crippen molar-refractivity contribution in [2.75, 3.05) is 51.3 Å². The second-order valence-electron chi connectivity index (χ2n) is 6.89. The average Bonchev–Trinajstić information content (AvgIpc) is 3.25. The third-order valence-corrected chi connectivity index (χ3v) is 7.19. The molecule has 1 saturated heterocycles. The number of hydrogen-bond donors (Lipinski definition) is 0. The number of aliphatic imine (C=N–C) groups is 1. The van der Waals surface area contributed by atoms with Crippen LogP contribution in [0, 0.1) is 0 Å². The lowest BCUT2D eigenvalue weighted by Gasteiger charge is -2.38. The lowest BCUT2D eigenvalue weighted by Crippen LogP contribution is -2.53. The standard InChI is InChI=1S/C20H23ClN4O3S/c1-28-18-5-7-19(8-6-18)29(26,27)25-10-9-22-20(25)24-13-11-23(12-14-24)17-4-2-3-16(21)15-17/h2-8,15H,9-14H2,1H3. The molecule has 0 spiro atoms. The summed E-state index contributed by atoms with van der Waals surface area (Å²) in [4.78, 5) is 9.05. The number of hydrogen-bond acceptors (Lipinski definition) is 6. The summed E-state index contributed by atoms with van der Waals surface area (Å²) >= 11 is 6.11. The van der Waals surface area contributed by atoms with Crippen molar-refractivity contribution in [3.8, 4) is 5.75 Å². The van der Waals surface area contributed by atoms with Crippen LogP contribution in [-0.4, -0.2) is 70.0 Å². The van der Waals surface area contributed by atoms with Crippen LogP contribution in [0.1, 0.15) is 0 Å². The summed E-state index contributed by atoms with van der Waals surface area (Å²) in [6.07, 6.45) is 0. The highest BCUT2D eigenvalue weighted by Crippen LogP contribution is 2.25. The Kier molecular flexibility index (Phi) is 5.56. The summed E-state index contributed by atoms with van der Waals surface area (Å²) in [5, 5.41) is 0.710. The number of rotatable bonds is 4. The normalized spacial score (nSPS) is 17.4. The molecular formula is C20H23ClN4O3S.